The van der Waals surface area contributed by atoms with Gasteiger partial charge in [-0.05, 0) is 51.6 Å². The molecule has 1 heterocycles. The van der Waals surface area contributed by atoms with Gasteiger partial charge in [0.15, 0.2) is 5.25 Å². The summed E-state index contributed by atoms with van der Waals surface area (Å²) in [7, 11) is -3.73. The fourth-order valence-electron chi connectivity index (χ4n) is 2.49. The van der Waals surface area contributed by atoms with Crippen molar-refractivity contribution in [1.82, 2.24) is 9.62 Å². The summed E-state index contributed by atoms with van der Waals surface area (Å²) in [5.74, 6) is -0.975. The van der Waals surface area contributed by atoms with Gasteiger partial charge in [-0.1, -0.05) is 0 Å². The average molecular weight is 290 g/mol. The molecule has 0 aromatic rings. The summed E-state index contributed by atoms with van der Waals surface area (Å²) in [4.78, 5) is 11.0. The van der Waals surface area contributed by atoms with E-state index in [1.54, 1.807) is 0 Å². The van der Waals surface area contributed by atoms with Crippen LogP contribution in [0.1, 0.15) is 32.6 Å². The average Bonchev–Trinajstić information content (AvgIpc) is 3.20. The van der Waals surface area contributed by atoms with Crippen LogP contribution in [0.3, 0.4) is 0 Å². The Labute approximate surface area is 114 Å². The summed E-state index contributed by atoms with van der Waals surface area (Å²) in [6.45, 7) is 3.52. The third-order valence-corrected chi connectivity index (χ3v) is 6.11. The Morgan fingerprint density at radius 3 is 2.58 bits per heavy atom. The van der Waals surface area contributed by atoms with E-state index in [9.17, 15) is 13.2 Å². The molecule has 0 bridgehead atoms. The molecule has 2 atom stereocenters. The number of carboxylic acid groups (broad SMARTS) is 1. The molecule has 1 saturated carbocycles. The number of sulfonamides is 1. The van der Waals surface area contributed by atoms with Gasteiger partial charge >= 0.3 is 5.97 Å². The predicted molar refractivity (Wildman–Crippen MR) is 71.3 cm³/mol. The van der Waals surface area contributed by atoms with Crippen LogP contribution in [0.15, 0.2) is 0 Å². The molecule has 2 fully saturated rings. The third kappa shape index (κ3) is 3.46. The van der Waals surface area contributed by atoms with E-state index in [2.05, 4.69) is 5.32 Å². The van der Waals surface area contributed by atoms with Crippen LogP contribution in [0.2, 0.25) is 0 Å². The first-order valence-corrected chi connectivity index (χ1v) is 8.37. The third-order valence-electron chi connectivity index (χ3n) is 3.91. The van der Waals surface area contributed by atoms with Gasteiger partial charge in [-0.25, -0.2) is 8.42 Å². The molecule has 19 heavy (non-hydrogen) atoms. The summed E-state index contributed by atoms with van der Waals surface area (Å²) < 4.78 is 26.2. The molecule has 0 radical (unpaired) electrons. The van der Waals surface area contributed by atoms with Crippen molar-refractivity contribution in [2.24, 2.45) is 5.92 Å². The summed E-state index contributed by atoms with van der Waals surface area (Å²) in [6.07, 6.45) is 3.77. The van der Waals surface area contributed by atoms with Crippen molar-refractivity contribution in [3.8, 4) is 0 Å². The quantitative estimate of drug-likeness (QED) is 0.732. The van der Waals surface area contributed by atoms with E-state index in [0.29, 0.717) is 12.5 Å². The molecule has 0 aromatic heterocycles. The lowest BCUT2D eigenvalue weighted by atomic mass is 10.00. The standard InChI is InChI=1S/C12H22N2O4S/c1-9(12(15)16)19(17,18)14(11-4-5-11)8-10-3-2-6-13-7-10/h9-11,13H,2-8H2,1H3,(H,15,16). The van der Waals surface area contributed by atoms with Crippen LogP contribution in [-0.4, -0.2) is 54.7 Å². The number of piperidine rings is 1. The molecule has 1 aliphatic carbocycles. The summed E-state index contributed by atoms with van der Waals surface area (Å²) in [5, 5.41) is 10.9. The lowest BCUT2D eigenvalue weighted by Gasteiger charge is -2.30. The van der Waals surface area contributed by atoms with Gasteiger partial charge in [0.25, 0.3) is 0 Å². The Kier molecular flexibility index (Phi) is 4.47. The minimum Gasteiger partial charge on any atom is -0.480 e. The molecule has 0 spiro atoms. The highest BCUT2D eigenvalue weighted by atomic mass is 32.2. The maximum Gasteiger partial charge on any atom is 0.323 e. The van der Waals surface area contributed by atoms with Gasteiger partial charge in [0.2, 0.25) is 10.0 Å². The van der Waals surface area contributed by atoms with Crippen molar-refractivity contribution in [2.45, 2.75) is 43.9 Å². The Hall–Kier alpha value is -0.660. The largest absolute Gasteiger partial charge is 0.480 e. The van der Waals surface area contributed by atoms with Crippen molar-refractivity contribution in [3.05, 3.63) is 0 Å². The summed E-state index contributed by atoms with van der Waals surface area (Å²) in [5.41, 5.74) is 0. The van der Waals surface area contributed by atoms with Crippen LogP contribution in [0.25, 0.3) is 0 Å². The fourth-order valence-corrected chi connectivity index (χ4v) is 4.19. The summed E-state index contributed by atoms with van der Waals surface area (Å²) in [6, 6.07) is 0.0220. The lowest BCUT2D eigenvalue weighted by Crippen LogP contribution is -2.46. The number of rotatable bonds is 6. The second-order valence-corrected chi connectivity index (χ2v) is 7.74. The monoisotopic (exact) mass is 290 g/mol. The molecular weight excluding hydrogens is 268 g/mol. The van der Waals surface area contributed by atoms with Gasteiger partial charge in [-0.3, -0.25) is 4.79 Å². The van der Waals surface area contributed by atoms with E-state index in [1.165, 1.54) is 11.2 Å². The van der Waals surface area contributed by atoms with Crippen molar-refractivity contribution in [2.75, 3.05) is 19.6 Å². The molecule has 2 rings (SSSR count). The molecule has 110 valence electrons. The smallest absolute Gasteiger partial charge is 0.323 e. The normalized spacial score (nSPS) is 26.3. The Morgan fingerprint density at radius 1 is 1.42 bits per heavy atom. The van der Waals surface area contributed by atoms with Crippen molar-refractivity contribution in [3.63, 3.8) is 0 Å². The number of aliphatic carboxylic acids is 1. The second-order valence-electron chi connectivity index (χ2n) is 5.54. The number of hydrogen-bond donors (Lipinski definition) is 2. The molecule has 1 aliphatic heterocycles. The number of hydrogen-bond acceptors (Lipinski definition) is 4. The second kappa shape index (κ2) is 5.76. The van der Waals surface area contributed by atoms with Gasteiger partial charge in [-0.2, -0.15) is 4.31 Å². The first-order chi connectivity index (χ1) is 8.93. The first kappa shape index (κ1) is 14.7. The number of carbonyl (C=O) groups is 1. The molecule has 0 aromatic carbocycles. The highest BCUT2D eigenvalue weighted by molar-refractivity contribution is 7.90. The molecule has 2 unspecified atom stereocenters. The number of nitrogens with zero attached hydrogens (tertiary/aromatic N) is 1. The van der Waals surface area contributed by atoms with Gasteiger partial charge in [0, 0.05) is 12.6 Å². The summed E-state index contributed by atoms with van der Waals surface area (Å²) >= 11 is 0. The number of carboxylic acids is 1. The molecule has 1 saturated heterocycles. The molecule has 2 N–H and O–H groups in total. The van der Waals surface area contributed by atoms with Gasteiger partial charge in [-0.15, -0.1) is 0 Å². The number of nitrogens with one attached hydrogen (secondary N) is 1. The van der Waals surface area contributed by atoms with E-state index >= 15 is 0 Å². The highest BCUT2D eigenvalue weighted by Gasteiger charge is 2.43. The fraction of sp³-hybridized carbons (Fsp3) is 0.917. The highest BCUT2D eigenvalue weighted by Crippen LogP contribution is 2.32. The lowest BCUT2D eigenvalue weighted by molar-refractivity contribution is -0.136. The molecule has 0 amide bonds. The van der Waals surface area contributed by atoms with Crippen LogP contribution in [0.5, 0.6) is 0 Å². The van der Waals surface area contributed by atoms with Crippen molar-refractivity contribution >= 4 is 16.0 Å². The van der Waals surface area contributed by atoms with Crippen molar-refractivity contribution < 1.29 is 18.3 Å². The molecule has 2 aliphatic rings. The van der Waals surface area contributed by atoms with Crippen molar-refractivity contribution in [1.29, 1.82) is 0 Å². The molecular formula is C12H22N2O4S. The van der Waals surface area contributed by atoms with Crippen LogP contribution in [0, 0.1) is 5.92 Å². The maximum atomic E-state index is 12.4. The van der Waals surface area contributed by atoms with E-state index in [0.717, 1.165) is 38.8 Å². The predicted octanol–water partition coefficient (Wildman–Crippen LogP) is 0.253. The first-order valence-electron chi connectivity index (χ1n) is 6.87. The van der Waals surface area contributed by atoms with E-state index in [1.807, 2.05) is 0 Å². The van der Waals surface area contributed by atoms with E-state index in [4.69, 9.17) is 5.11 Å². The SMILES string of the molecule is CC(C(=O)O)S(=O)(=O)N(CC1CCCNC1)C1CC1. The minimum atomic E-state index is -3.73. The zero-order valence-electron chi connectivity index (χ0n) is 11.2. The Bertz CT molecular complexity index is 427. The van der Waals surface area contributed by atoms with Gasteiger partial charge in [0.05, 0.1) is 0 Å². The van der Waals surface area contributed by atoms with Crippen LogP contribution < -0.4 is 5.32 Å². The Morgan fingerprint density at radius 2 is 2.11 bits per heavy atom. The van der Waals surface area contributed by atoms with Crippen LogP contribution in [0.4, 0.5) is 0 Å². The zero-order chi connectivity index (χ0) is 14.0. The van der Waals surface area contributed by atoms with Crippen LogP contribution in [-0.2, 0) is 14.8 Å². The van der Waals surface area contributed by atoms with Crippen LogP contribution >= 0.6 is 0 Å². The molecule has 6 nitrogen and oxygen atoms in total. The molecule has 7 heteroatoms. The minimum absolute atomic E-state index is 0.0220. The van der Waals surface area contributed by atoms with E-state index < -0.39 is 21.2 Å². The van der Waals surface area contributed by atoms with Gasteiger partial charge < -0.3 is 10.4 Å². The Balaban J connectivity index is 2.08. The zero-order valence-corrected chi connectivity index (χ0v) is 12.0. The maximum absolute atomic E-state index is 12.4. The van der Waals surface area contributed by atoms with Gasteiger partial charge in [0.1, 0.15) is 0 Å². The van der Waals surface area contributed by atoms with E-state index in [-0.39, 0.29) is 6.04 Å². The topological polar surface area (TPSA) is 86.7 Å².